The molecule has 0 atom stereocenters. The van der Waals surface area contributed by atoms with Gasteiger partial charge in [-0.05, 0) is 67.4 Å². The predicted octanol–water partition coefficient (Wildman–Crippen LogP) is 4.09. The number of furan rings is 1. The first-order valence-electron chi connectivity index (χ1n) is 9.77. The summed E-state index contributed by atoms with van der Waals surface area (Å²) in [4.78, 5) is 31.2. The summed E-state index contributed by atoms with van der Waals surface area (Å²) in [6.45, 7) is 2.34. The first-order chi connectivity index (χ1) is 15.1. The highest BCUT2D eigenvalue weighted by Crippen LogP contribution is 2.32. The van der Waals surface area contributed by atoms with Crippen LogP contribution in [-0.4, -0.2) is 28.5 Å². The first kappa shape index (κ1) is 18.8. The third-order valence-corrected chi connectivity index (χ3v) is 5.17. The molecule has 1 N–H and O–H groups in total. The zero-order valence-corrected chi connectivity index (χ0v) is 16.7. The van der Waals surface area contributed by atoms with E-state index < -0.39 is 0 Å². The molecule has 154 valence electrons. The number of aromatic nitrogens is 2. The maximum atomic E-state index is 12.7. The maximum absolute atomic E-state index is 12.7. The minimum Gasteiger partial charge on any atom is -0.472 e. The summed E-state index contributed by atoms with van der Waals surface area (Å²) < 4.78 is 10.2. The van der Waals surface area contributed by atoms with Crippen LogP contribution in [0.15, 0.2) is 70.0 Å². The summed E-state index contributed by atoms with van der Waals surface area (Å²) >= 11 is 0. The molecule has 0 aliphatic carbocycles. The SMILES string of the molecule is Cc1noc(-c2ccc(C(=O)Nc3ccc4c(c3)CCN4C(=O)c3ccoc3)cc2)n1. The fourth-order valence-electron chi connectivity index (χ4n) is 3.61. The number of aryl methyl sites for hydroxylation is 1. The van der Waals surface area contributed by atoms with E-state index in [1.165, 1.54) is 12.5 Å². The molecule has 5 rings (SSSR count). The van der Waals surface area contributed by atoms with Crippen molar-refractivity contribution in [1.82, 2.24) is 10.1 Å². The fraction of sp³-hybridized carbons (Fsp3) is 0.130. The lowest BCUT2D eigenvalue weighted by atomic mass is 10.1. The Hall–Kier alpha value is -4.20. The summed E-state index contributed by atoms with van der Waals surface area (Å²) in [6.07, 6.45) is 3.65. The van der Waals surface area contributed by atoms with Crippen molar-refractivity contribution in [1.29, 1.82) is 0 Å². The average Bonchev–Trinajstić information content (AvgIpc) is 3.54. The van der Waals surface area contributed by atoms with Gasteiger partial charge in [0.2, 0.25) is 0 Å². The minimum absolute atomic E-state index is 0.0965. The third-order valence-electron chi connectivity index (χ3n) is 5.17. The Morgan fingerprint density at radius 3 is 2.61 bits per heavy atom. The van der Waals surface area contributed by atoms with Crippen molar-refractivity contribution in [3.8, 4) is 11.5 Å². The second-order valence-electron chi connectivity index (χ2n) is 7.24. The van der Waals surface area contributed by atoms with E-state index in [0.717, 1.165) is 23.2 Å². The predicted molar refractivity (Wildman–Crippen MR) is 113 cm³/mol. The van der Waals surface area contributed by atoms with E-state index in [4.69, 9.17) is 8.94 Å². The van der Waals surface area contributed by atoms with Crippen LogP contribution in [0.1, 0.15) is 32.1 Å². The summed E-state index contributed by atoms with van der Waals surface area (Å²) in [5.41, 5.74) is 4.32. The van der Waals surface area contributed by atoms with Crippen LogP contribution in [0.5, 0.6) is 0 Å². The van der Waals surface area contributed by atoms with Gasteiger partial charge < -0.3 is 19.2 Å². The molecule has 1 aliphatic heterocycles. The number of hydrogen-bond acceptors (Lipinski definition) is 6. The van der Waals surface area contributed by atoms with E-state index in [-0.39, 0.29) is 11.8 Å². The molecule has 0 unspecified atom stereocenters. The molecule has 1 aliphatic rings. The highest BCUT2D eigenvalue weighted by molar-refractivity contribution is 6.08. The molecule has 31 heavy (non-hydrogen) atoms. The van der Waals surface area contributed by atoms with E-state index in [1.54, 1.807) is 48.2 Å². The zero-order valence-electron chi connectivity index (χ0n) is 16.7. The molecule has 8 heteroatoms. The van der Waals surface area contributed by atoms with E-state index in [1.807, 2.05) is 12.1 Å². The monoisotopic (exact) mass is 414 g/mol. The molecule has 0 radical (unpaired) electrons. The number of nitrogens with one attached hydrogen (secondary N) is 1. The molecule has 0 saturated carbocycles. The van der Waals surface area contributed by atoms with E-state index in [9.17, 15) is 9.59 Å². The van der Waals surface area contributed by atoms with Crippen LogP contribution in [0, 0.1) is 6.92 Å². The standard InChI is InChI=1S/C23H18N4O4/c1-14-24-22(31-26-14)16-4-2-15(3-5-16)21(28)25-19-6-7-20-17(12-19)8-10-27(20)23(29)18-9-11-30-13-18/h2-7,9,11-13H,8,10H2,1H3,(H,25,28). The third kappa shape index (κ3) is 3.59. The molecular formula is C23H18N4O4. The number of nitrogens with zero attached hydrogens (tertiary/aromatic N) is 3. The number of anilines is 2. The second kappa shape index (κ2) is 7.56. The van der Waals surface area contributed by atoms with E-state index >= 15 is 0 Å². The van der Waals surface area contributed by atoms with Gasteiger partial charge in [-0.25, -0.2) is 0 Å². The van der Waals surface area contributed by atoms with Gasteiger partial charge in [0.05, 0.1) is 11.8 Å². The van der Waals surface area contributed by atoms with Crippen LogP contribution in [0.2, 0.25) is 0 Å². The van der Waals surface area contributed by atoms with Crippen molar-refractivity contribution in [2.75, 3.05) is 16.8 Å². The molecule has 8 nitrogen and oxygen atoms in total. The first-order valence-corrected chi connectivity index (χ1v) is 9.77. The molecule has 0 fully saturated rings. The van der Waals surface area contributed by atoms with E-state index in [0.29, 0.717) is 35.1 Å². The highest BCUT2D eigenvalue weighted by Gasteiger charge is 2.26. The zero-order chi connectivity index (χ0) is 21.4. The van der Waals surface area contributed by atoms with Crippen molar-refractivity contribution in [3.05, 3.63) is 83.6 Å². The molecule has 2 aromatic heterocycles. The van der Waals surface area contributed by atoms with Crippen LogP contribution >= 0.6 is 0 Å². The summed E-state index contributed by atoms with van der Waals surface area (Å²) in [7, 11) is 0. The normalized spacial score (nSPS) is 12.6. The minimum atomic E-state index is -0.225. The van der Waals surface area contributed by atoms with Crippen molar-refractivity contribution >= 4 is 23.2 Å². The summed E-state index contributed by atoms with van der Waals surface area (Å²) in [6, 6.07) is 14.2. The van der Waals surface area contributed by atoms with Crippen molar-refractivity contribution in [3.63, 3.8) is 0 Å². The van der Waals surface area contributed by atoms with Gasteiger partial charge in [-0.15, -0.1) is 0 Å². The molecular weight excluding hydrogens is 396 g/mol. The molecule has 0 bridgehead atoms. The largest absolute Gasteiger partial charge is 0.472 e. The van der Waals surface area contributed by atoms with Crippen LogP contribution in [0.3, 0.4) is 0 Å². The number of carbonyl (C=O) groups is 2. The lowest BCUT2D eigenvalue weighted by Gasteiger charge is -2.16. The lowest BCUT2D eigenvalue weighted by molar-refractivity contribution is 0.0987. The van der Waals surface area contributed by atoms with Gasteiger partial charge in [0.15, 0.2) is 5.82 Å². The Morgan fingerprint density at radius 2 is 1.90 bits per heavy atom. The second-order valence-corrected chi connectivity index (χ2v) is 7.24. The van der Waals surface area contributed by atoms with Crippen molar-refractivity contribution in [2.24, 2.45) is 0 Å². The van der Waals surface area contributed by atoms with Gasteiger partial charge in [-0.1, -0.05) is 5.16 Å². The number of fused-ring (bicyclic) bond motifs is 1. The summed E-state index contributed by atoms with van der Waals surface area (Å²) in [5.74, 6) is 0.648. The molecule has 0 saturated heterocycles. The molecule has 0 spiro atoms. The van der Waals surface area contributed by atoms with Crippen molar-refractivity contribution < 1.29 is 18.5 Å². The molecule has 2 aromatic carbocycles. The van der Waals surface area contributed by atoms with Crippen LogP contribution in [0.4, 0.5) is 11.4 Å². The summed E-state index contributed by atoms with van der Waals surface area (Å²) in [5, 5.41) is 6.68. The van der Waals surface area contributed by atoms with Gasteiger partial charge in [0.25, 0.3) is 17.7 Å². The van der Waals surface area contributed by atoms with Gasteiger partial charge in [0, 0.05) is 29.0 Å². The maximum Gasteiger partial charge on any atom is 0.261 e. The van der Waals surface area contributed by atoms with E-state index in [2.05, 4.69) is 15.5 Å². The molecule has 3 heterocycles. The van der Waals surface area contributed by atoms with Gasteiger partial charge in [0.1, 0.15) is 6.26 Å². The number of benzene rings is 2. The van der Waals surface area contributed by atoms with Crippen LogP contribution in [0.25, 0.3) is 11.5 Å². The van der Waals surface area contributed by atoms with Gasteiger partial charge >= 0.3 is 0 Å². The number of amides is 2. The average molecular weight is 414 g/mol. The number of carbonyl (C=O) groups excluding carboxylic acids is 2. The Kier molecular flexibility index (Phi) is 4.59. The molecule has 4 aromatic rings. The smallest absolute Gasteiger partial charge is 0.261 e. The van der Waals surface area contributed by atoms with Crippen LogP contribution in [-0.2, 0) is 6.42 Å². The Balaban J connectivity index is 1.30. The molecule has 2 amide bonds. The van der Waals surface area contributed by atoms with Crippen molar-refractivity contribution in [2.45, 2.75) is 13.3 Å². The van der Waals surface area contributed by atoms with Gasteiger partial charge in [-0.3, -0.25) is 9.59 Å². The number of rotatable bonds is 4. The highest BCUT2D eigenvalue weighted by atomic mass is 16.5. The Bertz CT molecular complexity index is 1260. The topological polar surface area (TPSA) is 101 Å². The fourth-order valence-corrected chi connectivity index (χ4v) is 3.61. The quantitative estimate of drug-likeness (QED) is 0.540. The Morgan fingerprint density at radius 1 is 1.06 bits per heavy atom. The number of hydrogen-bond donors (Lipinski definition) is 1. The van der Waals surface area contributed by atoms with Gasteiger partial charge in [-0.2, -0.15) is 4.98 Å². The lowest BCUT2D eigenvalue weighted by Crippen LogP contribution is -2.28. The van der Waals surface area contributed by atoms with Crippen LogP contribution < -0.4 is 10.2 Å². The Labute approximate surface area is 177 Å².